The van der Waals surface area contributed by atoms with E-state index in [0.717, 1.165) is 11.1 Å². The summed E-state index contributed by atoms with van der Waals surface area (Å²) in [6, 6.07) is 15.4. The molecule has 0 amide bonds. The molecule has 0 aliphatic heterocycles. The Labute approximate surface area is 128 Å². The number of carbonyl (C=O) groups excluding carboxylic acids is 2. The minimum Gasteiger partial charge on any atom is -0.429 e. The highest BCUT2D eigenvalue weighted by Gasteiger charge is 2.08. The average Bonchev–Trinajstić information content (AvgIpc) is 2.55. The summed E-state index contributed by atoms with van der Waals surface area (Å²) < 4.78 is 10.1. The Balaban J connectivity index is 1.82. The van der Waals surface area contributed by atoms with Crippen LogP contribution in [0.3, 0.4) is 0 Å². The Morgan fingerprint density at radius 1 is 1.05 bits per heavy atom. The topological polar surface area (TPSA) is 78.6 Å². The van der Waals surface area contributed by atoms with Gasteiger partial charge in [0.25, 0.3) is 0 Å². The van der Waals surface area contributed by atoms with E-state index in [0.29, 0.717) is 12.2 Å². The Morgan fingerprint density at radius 2 is 1.73 bits per heavy atom. The van der Waals surface area contributed by atoms with Crippen LogP contribution in [-0.2, 0) is 22.6 Å². The highest BCUT2D eigenvalue weighted by molar-refractivity contribution is 5.64. The Bertz CT molecular complexity index is 610. The fraction of sp³-hybridized carbons (Fsp3) is 0.176. The normalized spacial score (nSPS) is 11.5. The molecule has 0 aliphatic carbocycles. The summed E-state index contributed by atoms with van der Waals surface area (Å²) in [5.41, 5.74) is 7.23. The van der Waals surface area contributed by atoms with Gasteiger partial charge in [-0.1, -0.05) is 42.5 Å². The SMILES string of the molecule is NC([C]=O)Cc1ccc(OC(=O)OCc2ccccc2)cc1. The molecule has 113 valence electrons. The molecule has 1 radical (unpaired) electrons. The molecule has 0 fully saturated rings. The molecule has 5 heteroatoms. The molecule has 0 heterocycles. The fourth-order valence-corrected chi connectivity index (χ4v) is 1.83. The summed E-state index contributed by atoms with van der Waals surface area (Å²) in [4.78, 5) is 22.0. The zero-order valence-electron chi connectivity index (χ0n) is 11.9. The summed E-state index contributed by atoms with van der Waals surface area (Å²) in [5, 5.41) is 0. The van der Waals surface area contributed by atoms with Crippen LogP contribution in [0.2, 0.25) is 0 Å². The van der Waals surface area contributed by atoms with Gasteiger partial charge in [-0.3, -0.25) is 4.79 Å². The van der Waals surface area contributed by atoms with Crippen molar-refractivity contribution in [3.8, 4) is 5.75 Å². The highest BCUT2D eigenvalue weighted by atomic mass is 16.7. The maximum Gasteiger partial charge on any atom is 0.514 e. The van der Waals surface area contributed by atoms with Gasteiger partial charge < -0.3 is 15.2 Å². The van der Waals surface area contributed by atoms with Crippen LogP contribution >= 0.6 is 0 Å². The Morgan fingerprint density at radius 3 is 2.36 bits per heavy atom. The summed E-state index contributed by atoms with van der Waals surface area (Å²) in [6.45, 7) is 0.155. The van der Waals surface area contributed by atoms with Crippen LogP contribution in [0, 0.1) is 0 Å². The quantitative estimate of drug-likeness (QED) is 0.654. The van der Waals surface area contributed by atoms with Gasteiger partial charge in [0.1, 0.15) is 12.4 Å². The van der Waals surface area contributed by atoms with Crippen molar-refractivity contribution < 1.29 is 19.1 Å². The highest BCUT2D eigenvalue weighted by Crippen LogP contribution is 2.14. The van der Waals surface area contributed by atoms with E-state index >= 15 is 0 Å². The summed E-state index contributed by atoms with van der Waals surface area (Å²) in [5.74, 6) is 0.366. The molecule has 1 atom stereocenters. The van der Waals surface area contributed by atoms with E-state index in [-0.39, 0.29) is 6.61 Å². The van der Waals surface area contributed by atoms with Gasteiger partial charge in [-0.05, 0) is 29.7 Å². The fourth-order valence-electron chi connectivity index (χ4n) is 1.83. The first-order chi connectivity index (χ1) is 10.7. The first-order valence-corrected chi connectivity index (χ1v) is 6.78. The zero-order valence-corrected chi connectivity index (χ0v) is 11.9. The number of benzene rings is 2. The lowest BCUT2D eigenvalue weighted by atomic mass is 10.1. The van der Waals surface area contributed by atoms with Crippen molar-refractivity contribution >= 4 is 12.4 Å². The smallest absolute Gasteiger partial charge is 0.429 e. The second kappa shape index (κ2) is 7.95. The van der Waals surface area contributed by atoms with E-state index in [1.54, 1.807) is 30.6 Å². The predicted octanol–water partition coefficient (Wildman–Crippen LogP) is 2.38. The second-order valence-electron chi connectivity index (χ2n) is 4.70. The van der Waals surface area contributed by atoms with Crippen LogP contribution in [0.5, 0.6) is 5.75 Å². The van der Waals surface area contributed by atoms with Gasteiger partial charge in [-0.2, -0.15) is 0 Å². The van der Waals surface area contributed by atoms with Crippen molar-refractivity contribution in [3.05, 3.63) is 65.7 Å². The predicted molar refractivity (Wildman–Crippen MR) is 81.1 cm³/mol. The lowest BCUT2D eigenvalue weighted by Crippen LogP contribution is -2.23. The first-order valence-electron chi connectivity index (χ1n) is 6.78. The molecule has 0 saturated carbocycles. The molecule has 2 rings (SSSR count). The molecule has 1 unspecified atom stereocenters. The molecule has 5 nitrogen and oxygen atoms in total. The van der Waals surface area contributed by atoms with Gasteiger partial charge in [0.2, 0.25) is 6.29 Å². The van der Waals surface area contributed by atoms with Gasteiger partial charge in [-0.15, -0.1) is 0 Å². The third-order valence-corrected chi connectivity index (χ3v) is 2.93. The van der Waals surface area contributed by atoms with E-state index < -0.39 is 12.2 Å². The molecule has 0 bridgehead atoms. The minimum atomic E-state index is -0.769. The molecule has 2 N–H and O–H groups in total. The lowest BCUT2D eigenvalue weighted by Gasteiger charge is -2.07. The number of hydrogen-bond acceptors (Lipinski definition) is 5. The van der Waals surface area contributed by atoms with Crippen LogP contribution in [0.4, 0.5) is 4.79 Å². The standard InChI is InChI=1S/C17H16NO4/c18-15(11-19)10-13-6-8-16(9-7-13)22-17(20)21-12-14-4-2-1-3-5-14/h1-9,15H,10,12,18H2. The van der Waals surface area contributed by atoms with Crippen molar-refractivity contribution in [3.63, 3.8) is 0 Å². The number of nitrogens with two attached hydrogens (primary N) is 1. The third-order valence-electron chi connectivity index (χ3n) is 2.93. The number of rotatable bonds is 6. The maximum absolute atomic E-state index is 11.6. The summed E-state index contributed by atoms with van der Waals surface area (Å²) >= 11 is 0. The van der Waals surface area contributed by atoms with E-state index in [1.165, 1.54) is 0 Å². The average molecular weight is 298 g/mol. The van der Waals surface area contributed by atoms with Gasteiger partial charge >= 0.3 is 6.16 Å². The zero-order chi connectivity index (χ0) is 15.8. The molecule has 2 aromatic carbocycles. The minimum absolute atomic E-state index is 0.155. The van der Waals surface area contributed by atoms with Crippen molar-refractivity contribution in [2.75, 3.05) is 0 Å². The van der Waals surface area contributed by atoms with Crippen molar-refractivity contribution in [2.45, 2.75) is 19.1 Å². The van der Waals surface area contributed by atoms with Gasteiger partial charge in [0.05, 0.1) is 6.04 Å². The number of carbonyl (C=O) groups is 1. The first kappa shape index (κ1) is 15.7. The molecule has 0 spiro atoms. The van der Waals surface area contributed by atoms with Crippen molar-refractivity contribution in [1.82, 2.24) is 0 Å². The molecular formula is C17H16NO4. The molecule has 0 saturated heterocycles. The largest absolute Gasteiger partial charge is 0.514 e. The number of hydrogen-bond donors (Lipinski definition) is 1. The van der Waals surface area contributed by atoms with Crippen LogP contribution in [0.15, 0.2) is 54.6 Å². The number of ether oxygens (including phenoxy) is 2. The third kappa shape index (κ3) is 5.03. The van der Waals surface area contributed by atoms with E-state index in [4.69, 9.17) is 15.2 Å². The van der Waals surface area contributed by atoms with Gasteiger partial charge in [0.15, 0.2) is 0 Å². The summed E-state index contributed by atoms with van der Waals surface area (Å²) in [7, 11) is 0. The van der Waals surface area contributed by atoms with E-state index in [2.05, 4.69) is 0 Å². The van der Waals surface area contributed by atoms with Crippen molar-refractivity contribution in [2.24, 2.45) is 5.73 Å². The Hall–Kier alpha value is -2.66. The van der Waals surface area contributed by atoms with Crippen LogP contribution in [0.25, 0.3) is 0 Å². The maximum atomic E-state index is 11.6. The van der Waals surface area contributed by atoms with Crippen LogP contribution < -0.4 is 10.5 Å². The Kier molecular flexibility index (Phi) is 5.68. The second-order valence-corrected chi connectivity index (χ2v) is 4.70. The monoisotopic (exact) mass is 298 g/mol. The molecule has 22 heavy (non-hydrogen) atoms. The summed E-state index contributed by atoms with van der Waals surface area (Å²) in [6.07, 6.45) is 1.34. The molecule has 2 aromatic rings. The van der Waals surface area contributed by atoms with Crippen molar-refractivity contribution in [1.29, 1.82) is 0 Å². The molecular weight excluding hydrogens is 282 g/mol. The van der Waals surface area contributed by atoms with Crippen LogP contribution in [-0.4, -0.2) is 18.5 Å². The van der Waals surface area contributed by atoms with E-state index in [9.17, 15) is 9.59 Å². The molecule has 0 aliphatic rings. The lowest BCUT2D eigenvalue weighted by molar-refractivity contribution is 0.0927. The van der Waals surface area contributed by atoms with Crippen LogP contribution in [0.1, 0.15) is 11.1 Å². The van der Waals surface area contributed by atoms with E-state index in [1.807, 2.05) is 30.3 Å². The van der Waals surface area contributed by atoms with Gasteiger partial charge in [-0.25, -0.2) is 4.79 Å². The molecule has 0 aromatic heterocycles. The van der Waals surface area contributed by atoms with Gasteiger partial charge in [0, 0.05) is 0 Å².